The average molecular weight is 357 g/mol. The summed E-state index contributed by atoms with van der Waals surface area (Å²) in [7, 11) is -3.85. The molecule has 0 fully saturated rings. The van der Waals surface area contributed by atoms with Gasteiger partial charge in [0, 0.05) is 11.0 Å². The van der Waals surface area contributed by atoms with Crippen LogP contribution in [-0.4, -0.2) is 26.8 Å². The third-order valence-electron chi connectivity index (χ3n) is 2.46. The van der Waals surface area contributed by atoms with E-state index >= 15 is 0 Å². The van der Waals surface area contributed by atoms with Gasteiger partial charge in [0.05, 0.1) is 5.25 Å². The molecule has 0 bridgehead atoms. The van der Waals surface area contributed by atoms with Gasteiger partial charge >= 0.3 is 0 Å². The van der Waals surface area contributed by atoms with E-state index in [-0.39, 0.29) is 11.0 Å². The van der Waals surface area contributed by atoms with Gasteiger partial charge in [-0.2, -0.15) is 0 Å². The van der Waals surface area contributed by atoms with E-state index in [4.69, 9.17) is 0 Å². The Morgan fingerprint density at radius 3 is 2.32 bits per heavy atom. The predicted octanol–water partition coefficient (Wildman–Crippen LogP) is 2.47. The van der Waals surface area contributed by atoms with Gasteiger partial charge in [-0.3, -0.25) is 4.72 Å². The third kappa shape index (κ3) is 4.39. The molecule has 0 aromatic heterocycles. The SMILES string of the molecule is CCNCC(C)S(=O)(=O)Nc1c(F)cc(Br)cc1F. The van der Waals surface area contributed by atoms with Crippen LogP contribution in [0.2, 0.25) is 0 Å². The van der Waals surface area contributed by atoms with Gasteiger partial charge in [0.25, 0.3) is 0 Å². The van der Waals surface area contributed by atoms with Crippen molar-refractivity contribution in [3.8, 4) is 0 Å². The minimum Gasteiger partial charge on any atom is -0.316 e. The summed E-state index contributed by atoms with van der Waals surface area (Å²) in [6.45, 7) is 4.10. The van der Waals surface area contributed by atoms with Crippen molar-refractivity contribution in [3.05, 3.63) is 28.2 Å². The highest BCUT2D eigenvalue weighted by Gasteiger charge is 2.23. The van der Waals surface area contributed by atoms with Gasteiger partial charge in [-0.25, -0.2) is 17.2 Å². The van der Waals surface area contributed by atoms with Gasteiger partial charge in [-0.05, 0) is 25.6 Å². The second-order valence-electron chi connectivity index (χ2n) is 4.01. The minimum atomic E-state index is -3.85. The van der Waals surface area contributed by atoms with Gasteiger partial charge in [0.15, 0.2) is 11.6 Å². The van der Waals surface area contributed by atoms with Crippen molar-refractivity contribution in [2.45, 2.75) is 19.1 Å². The molecule has 0 spiro atoms. The molecule has 1 aromatic rings. The van der Waals surface area contributed by atoms with Crippen LogP contribution in [0.15, 0.2) is 16.6 Å². The fraction of sp³-hybridized carbons (Fsp3) is 0.455. The molecule has 19 heavy (non-hydrogen) atoms. The summed E-state index contributed by atoms with van der Waals surface area (Å²) >= 11 is 2.92. The van der Waals surface area contributed by atoms with Gasteiger partial charge in [0.2, 0.25) is 10.0 Å². The average Bonchev–Trinajstić information content (AvgIpc) is 2.30. The van der Waals surface area contributed by atoms with Gasteiger partial charge in [-0.1, -0.05) is 22.9 Å². The first-order valence-corrected chi connectivity index (χ1v) is 7.98. The van der Waals surface area contributed by atoms with Crippen molar-refractivity contribution < 1.29 is 17.2 Å². The molecule has 0 aliphatic heterocycles. The fourth-order valence-corrected chi connectivity index (χ4v) is 2.76. The lowest BCUT2D eigenvalue weighted by atomic mass is 10.3. The predicted molar refractivity (Wildman–Crippen MR) is 74.6 cm³/mol. The fourth-order valence-electron chi connectivity index (χ4n) is 1.34. The highest BCUT2D eigenvalue weighted by Crippen LogP contribution is 2.25. The Balaban J connectivity index is 2.96. The summed E-state index contributed by atoms with van der Waals surface area (Å²) in [6.07, 6.45) is 0. The van der Waals surface area contributed by atoms with E-state index in [1.54, 1.807) is 0 Å². The molecular formula is C11H15BrF2N2O2S. The highest BCUT2D eigenvalue weighted by atomic mass is 79.9. The molecular weight excluding hydrogens is 342 g/mol. The normalized spacial score (nSPS) is 13.3. The summed E-state index contributed by atoms with van der Waals surface area (Å²) in [5, 5.41) is 2.05. The number of hydrogen-bond acceptors (Lipinski definition) is 3. The van der Waals surface area contributed by atoms with E-state index in [0.29, 0.717) is 6.54 Å². The van der Waals surface area contributed by atoms with Crippen LogP contribution < -0.4 is 10.0 Å². The van der Waals surface area contributed by atoms with Crippen LogP contribution in [0.5, 0.6) is 0 Å². The lowest BCUT2D eigenvalue weighted by Gasteiger charge is -2.16. The maximum absolute atomic E-state index is 13.5. The van der Waals surface area contributed by atoms with Crippen molar-refractivity contribution in [2.75, 3.05) is 17.8 Å². The van der Waals surface area contributed by atoms with E-state index in [9.17, 15) is 17.2 Å². The smallest absolute Gasteiger partial charge is 0.236 e. The zero-order chi connectivity index (χ0) is 14.6. The zero-order valence-corrected chi connectivity index (χ0v) is 12.9. The lowest BCUT2D eigenvalue weighted by molar-refractivity contribution is 0.571. The van der Waals surface area contributed by atoms with Crippen molar-refractivity contribution in [3.63, 3.8) is 0 Å². The Morgan fingerprint density at radius 1 is 1.32 bits per heavy atom. The van der Waals surface area contributed by atoms with E-state index in [0.717, 1.165) is 12.1 Å². The van der Waals surface area contributed by atoms with E-state index in [2.05, 4.69) is 21.2 Å². The van der Waals surface area contributed by atoms with E-state index in [1.807, 2.05) is 11.6 Å². The Labute approximate surface area is 119 Å². The van der Waals surface area contributed by atoms with Gasteiger partial charge < -0.3 is 5.32 Å². The topological polar surface area (TPSA) is 58.2 Å². The first kappa shape index (κ1) is 16.3. The molecule has 1 atom stereocenters. The first-order chi connectivity index (χ1) is 8.77. The van der Waals surface area contributed by atoms with Crippen LogP contribution in [0.1, 0.15) is 13.8 Å². The van der Waals surface area contributed by atoms with Crippen molar-refractivity contribution in [1.82, 2.24) is 5.32 Å². The molecule has 0 heterocycles. The molecule has 0 saturated carbocycles. The molecule has 0 radical (unpaired) electrons. The number of halogens is 3. The molecule has 4 nitrogen and oxygen atoms in total. The van der Waals surface area contributed by atoms with Crippen LogP contribution in [0, 0.1) is 11.6 Å². The molecule has 0 aliphatic carbocycles. The molecule has 0 saturated heterocycles. The van der Waals surface area contributed by atoms with Crippen molar-refractivity contribution in [1.29, 1.82) is 0 Å². The van der Waals surface area contributed by atoms with Crippen molar-refractivity contribution >= 4 is 31.6 Å². The summed E-state index contributed by atoms with van der Waals surface area (Å²) in [6, 6.07) is 1.99. The van der Waals surface area contributed by atoms with Crippen LogP contribution in [0.25, 0.3) is 0 Å². The van der Waals surface area contributed by atoms with E-state index < -0.39 is 32.6 Å². The molecule has 0 amide bonds. The first-order valence-electron chi connectivity index (χ1n) is 5.64. The van der Waals surface area contributed by atoms with Crippen LogP contribution >= 0.6 is 15.9 Å². The Kier molecular flexibility index (Phi) is 5.69. The number of benzene rings is 1. The number of rotatable bonds is 6. The molecule has 2 N–H and O–H groups in total. The van der Waals surface area contributed by atoms with Gasteiger partial charge in [-0.15, -0.1) is 0 Å². The summed E-state index contributed by atoms with van der Waals surface area (Å²) in [4.78, 5) is 0. The number of anilines is 1. The van der Waals surface area contributed by atoms with E-state index in [1.165, 1.54) is 6.92 Å². The standard InChI is InChI=1S/C11H15BrF2N2O2S/c1-3-15-6-7(2)19(17,18)16-11-9(13)4-8(12)5-10(11)14/h4-5,7,15-16H,3,6H2,1-2H3. The highest BCUT2D eigenvalue weighted by molar-refractivity contribution is 9.10. The van der Waals surface area contributed by atoms with Crippen molar-refractivity contribution in [2.24, 2.45) is 0 Å². The Hall–Kier alpha value is -0.730. The van der Waals surface area contributed by atoms with Crippen LogP contribution in [0.3, 0.4) is 0 Å². The number of nitrogens with one attached hydrogen (secondary N) is 2. The molecule has 0 aliphatic rings. The molecule has 8 heteroatoms. The largest absolute Gasteiger partial charge is 0.316 e. The molecule has 108 valence electrons. The number of hydrogen-bond donors (Lipinski definition) is 2. The summed E-state index contributed by atoms with van der Waals surface area (Å²) in [5.41, 5.74) is -0.661. The maximum atomic E-state index is 13.5. The Morgan fingerprint density at radius 2 is 1.84 bits per heavy atom. The summed E-state index contributed by atoms with van der Waals surface area (Å²) in [5.74, 6) is -1.93. The second-order valence-corrected chi connectivity index (χ2v) is 7.02. The molecule has 1 unspecified atom stereocenters. The Bertz CT molecular complexity index is 529. The monoisotopic (exact) mass is 356 g/mol. The minimum absolute atomic E-state index is 0.200. The summed E-state index contributed by atoms with van der Waals surface area (Å²) < 4.78 is 53.0. The number of sulfonamides is 1. The lowest BCUT2D eigenvalue weighted by Crippen LogP contribution is -2.35. The zero-order valence-electron chi connectivity index (χ0n) is 10.5. The third-order valence-corrected chi connectivity index (χ3v) is 4.64. The van der Waals surface area contributed by atoms with Crippen LogP contribution in [-0.2, 0) is 10.0 Å². The van der Waals surface area contributed by atoms with Gasteiger partial charge in [0.1, 0.15) is 5.69 Å². The quantitative estimate of drug-likeness (QED) is 0.823. The molecule has 1 aromatic carbocycles. The second kappa shape index (κ2) is 6.62. The molecule has 1 rings (SSSR count). The maximum Gasteiger partial charge on any atom is 0.236 e. The van der Waals surface area contributed by atoms with Crippen LogP contribution in [0.4, 0.5) is 14.5 Å².